The summed E-state index contributed by atoms with van der Waals surface area (Å²) in [5.74, 6) is 1.98. The van der Waals surface area contributed by atoms with Crippen molar-refractivity contribution in [2.75, 3.05) is 51.7 Å². The molecule has 1 aliphatic heterocycles. The molecule has 1 saturated heterocycles. The fourth-order valence-corrected chi connectivity index (χ4v) is 3.47. The van der Waals surface area contributed by atoms with Crippen molar-refractivity contribution in [1.82, 2.24) is 24.7 Å². The fraction of sp³-hybridized carbons (Fsp3) is 0.524. The number of nitrogens with zero attached hydrogens (tertiary/aromatic N) is 6. The normalized spacial score (nSPS) is 15.7. The van der Waals surface area contributed by atoms with Gasteiger partial charge in [0.05, 0.1) is 13.1 Å². The van der Waals surface area contributed by atoms with Gasteiger partial charge in [-0.3, -0.25) is 0 Å². The highest BCUT2D eigenvalue weighted by molar-refractivity contribution is 5.79. The molecular weight excluding hydrogens is 350 g/mol. The predicted molar refractivity (Wildman–Crippen MR) is 116 cm³/mol. The first-order valence-electron chi connectivity index (χ1n) is 10.1. The zero-order valence-electron chi connectivity index (χ0n) is 17.6. The smallest absolute Gasteiger partial charge is 0.194 e. The van der Waals surface area contributed by atoms with Crippen LogP contribution in [0.3, 0.4) is 0 Å². The van der Waals surface area contributed by atoms with Gasteiger partial charge < -0.3 is 24.6 Å². The van der Waals surface area contributed by atoms with Crippen LogP contribution in [0.25, 0.3) is 0 Å². The molecule has 0 saturated carbocycles. The highest BCUT2D eigenvalue weighted by Gasteiger charge is 2.18. The molecule has 0 spiro atoms. The van der Waals surface area contributed by atoms with Crippen molar-refractivity contribution >= 4 is 11.8 Å². The summed E-state index contributed by atoms with van der Waals surface area (Å²) in [6.07, 6.45) is 3.96. The number of rotatable bonds is 6. The Balaban J connectivity index is 1.73. The van der Waals surface area contributed by atoms with Crippen LogP contribution in [-0.4, -0.2) is 72.1 Å². The van der Waals surface area contributed by atoms with E-state index in [1.807, 2.05) is 12.3 Å². The second kappa shape index (κ2) is 9.59. The van der Waals surface area contributed by atoms with E-state index in [9.17, 15) is 0 Å². The summed E-state index contributed by atoms with van der Waals surface area (Å²) < 4.78 is 2.15. The van der Waals surface area contributed by atoms with Gasteiger partial charge in [-0.2, -0.15) is 0 Å². The van der Waals surface area contributed by atoms with Gasteiger partial charge in [0, 0.05) is 70.5 Å². The van der Waals surface area contributed by atoms with Crippen molar-refractivity contribution in [2.45, 2.75) is 20.0 Å². The van der Waals surface area contributed by atoms with Gasteiger partial charge >= 0.3 is 0 Å². The van der Waals surface area contributed by atoms with Crippen molar-refractivity contribution in [1.29, 1.82) is 0 Å². The van der Waals surface area contributed by atoms with Gasteiger partial charge in [-0.1, -0.05) is 6.07 Å². The van der Waals surface area contributed by atoms with Crippen LogP contribution >= 0.6 is 0 Å². The van der Waals surface area contributed by atoms with Gasteiger partial charge in [-0.05, 0) is 32.2 Å². The van der Waals surface area contributed by atoms with E-state index in [0.29, 0.717) is 6.54 Å². The molecule has 7 heteroatoms. The minimum Gasteiger partial charge on any atom is -0.357 e. The van der Waals surface area contributed by atoms with E-state index < -0.39 is 0 Å². The van der Waals surface area contributed by atoms with E-state index in [-0.39, 0.29) is 0 Å². The maximum Gasteiger partial charge on any atom is 0.194 e. The number of aromatic nitrogens is 2. The molecule has 0 amide bonds. The molecule has 152 valence electrons. The van der Waals surface area contributed by atoms with Crippen molar-refractivity contribution in [3.8, 4) is 0 Å². The van der Waals surface area contributed by atoms with Crippen LogP contribution in [0, 0.1) is 0 Å². The quantitative estimate of drug-likeness (QED) is 0.609. The first-order chi connectivity index (χ1) is 13.6. The molecule has 3 rings (SSSR count). The van der Waals surface area contributed by atoms with Gasteiger partial charge in [0.2, 0.25) is 0 Å². The van der Waals surface area contributed by atoms with E-state index in [1.165, 1.54) is 11.3 Å². The Labute approximate surface area is 168 Å². The molecule has 7 nitrogen and oxygen atoms in total. The number of hydrogen-bond acceptors (Lipinski definition) is 4. The zero-order valence-corrected chi connectivity index (χ0v) is 17.6. The van der Waals surface area contributed by atoms with Crippen LogP contribution in [0.1, 0.15) is 18.2 Å². The average Bonchev–Trinajstić information content (AvgIpc) is 3.10. The Morgan fingerprint density at radius 1 is 1.18 bits per heavy atom. The van der Waals surface area contributed by atoms with Crippen LogP contribution in [0.15, 0.2) is 41.7 Å². The summed E-state index contributed by atoms with van der Waals surface area (Å²) >= 11 is 0. The minimum atomic E-state index is 0.620. The lowest BCUT2D eigenvalue weighted by Gasteiger charge is -2.34. The van der Waals surface area contributed by atoms with Gasteiger partial charge in [0.25, 0.3) is 0 Å². The lowest BCUT2D eigenvalue weighted by atomic mass is 10.2. The highest BCUT2D eigenvalue weighted by Crippen LogP contribution is 2.19. The largest absolute Gasteiger partial charge is 0.357 e. The molecule has 1 N–H and O–H groups in total. The number of pyridine rings is 1. The summed E-state index contributed by atoms with van der Waals surface area (Å²) in [4.78, 5) is 16.5. The van der Waals surface area contributed by atoms with E-state index in [0.717, 1.165) is 51.0 Å². The standard InChI is InChI=1S/C21H33N7/c1-5-22-21(27(4)17-19-9-7-11-26(19)3)24-16-18-8-6-10-23-20(18)28-14-12-25(2)13-15-28/h6-11H,5,12-17H2,1-4H3,(H,22,24). The minimum absolute atomic E-state index is 0.620. The molecule has 2 aromatic rings. The monoisotopic (exact) mass is 383 g/mol. The SMILES string of the molecule is CCNC(=NCc1cccnc1N1CCN(C)CC1)N(C)Cc1cccn1C. The number of guanidine groups is 1. The third kappa shape index (κ3) is 5.04. The highest BCUT2D eigenvalue weighted by atomic mass is 15.3. The molecular formula is C21H33N7. The van der Waals surface area contributed by atoms with E-state index in [4.69, 9.17) is 4.99 Å². The number of piperazine rings is 1. The number of aliphatic imine (C=N–C) groups is 1. The molecule has 0 atom stereocenters. The average molecular weight is 384 g/mol. The molecule has 3 heterocycles. The second-order valence-corrected chi connectivity index (χ2v) is 7.41. The topological polar surface area (TPSA) is 51.9 Å². The van der Waals surface area contributed by atoms with Crippen molar-refractivity contribution < 1.29 is 0 Å². The molecule has 0 radical (unpaired) electrons. The van der Waals surface area contributed by atoms with Gasteiger partial charge in [-0.15, -0.1) is 0 Å². The second-order valence-electron chi connectivity index (χ2n) is 7.41. The van der Waals surface area contributed by atoms with E-state index >= 15 is 0 Å². The molecule has 0 aliphatic carbocycles. The Morgan fingerprint density at radius 2 is 1.96 bits per heavy atom. The Hall–Kier alpha value is -2.54. The third-order valence-electron chi connectivity index (χ3n) is 5.22. The van der Waals surface area contributed by atoms with Gasteiger partial charge in [0.15, 0.2) is 5.96 Å². The first-order valence-corrected chi connectivity index (χ1v) is 10.1. The Kier molecular flexibility index (Phi) is 6.92. The fourth-order valence-electron chi connectivity index (χ4n) is 3.47. The number of aryl methyl sites for hydroxylation is 1. The van der Waals surface area contributed by atoms with Crippen molar-refractivity contribution in [3.05, 3.63) is 47.9 Å². The summed E-state index contributed by atoms with van der Waals surface area (Å²) in [5, 5.41) is 3.42. The molecule has 1 fully saturated rings. The van der Waals surface area contributed by atoms with Crippen LogP contribution in [0.4, 0.5) is 5.82 Å². The van der Waals surface area contributed by atoms with Gasteiger partial charge in [0.1, 0.15) is 5.82 Å². The molecule has 2 aromatic heterocycles. The lowest BCUT2D eigenvalue weighted by molar-refractivity contribution is 0.312. The Morgan fingerprint density at radius 3 is 2.64 bits per heavy atom. The van der Waals surface area contributed by atoms with Crippen LogP contribution < -0.4 is 10.2 Å². The molecule has 0 unspecified atom stereocenters. The molecule has 0 bridgehead atoms. The van der Waals surface area contributed by atoms with E-state index in [1.54, 1.807) is 0 Å². The van der Waals surface area contributed by atoms with Crippen LogP contribution in [-0.2, 0) is 20.1 Å². The zero-order chi connectivity index (χ0) is 19.9. The molecule has 1 aliphatic rings. The van der Waals surface area contributed by atoms with Crippen molar-refractivity contribution in [2.24, 2.45) is 12.0 Å². The maximum atomic E-state index is 4.91. The summed E-state index contributed by atoms with van der Waals surface area (Å²) in [6, 6.07) is 8.37. The molecule has 0 aromatic carbocycles. The third-order valence-corrected chi connectivity index (χ3v) is 5.22. The van der Waals surface area contributed by atoms with Crippen molar-refractivity contribution in [3.63, 3.8) is 0 Å². The predicted octanol–water partition coefficient (Wildman–Crippen LogP) is 1.77. The number of hydrogen-bond donors (Lipinski definition) is 1. The summed E-state index contributed by atoms with van der Waals surface area (Å²) in [7, 11) is 6.33. The number of anilines is 1. The summed E-state index contributed by atoms with van der Waals surface area (Å²) in [5.41, 5.74) is 2.43. The summed E-state index contributed by atoms with van der Waals surface area (Å²) in [6.45, 7) is 8.54. The number of likely N-dealkylation sites (N-methyl/N-ethyl adjacent to an activating group) is 1. The maximum absolute atomic E-state index is 4.91. The lowest BCUT2D eigenvalue weighted by Crippen LogP contribution is -2.45. The Bertz CT molecular complexity index is 775. The first kappa shape index (κ1) is 20.2. The van der Waals surface area contributed by atoms with Gasteiger partial charge in [-0.25, -0.2) is 9.98 Å². The van der Waals surface area contributed by atoms with Crippen LogP contribution in [0.2, 0.25) is 0 Å². The van der Waals surface area contributed by atoms with E-state index in [2.05, 4.69) is 82.0 Å². The number of nitrogens with one attached hydrogen (secondary N) is 1. The van der Waals surface area contributed by atoms with Crippen LogP contribution in [0.5, 0.6) is 0 Å². The molecule has 28 heavy (non-hydrogen) atoms.